The first-order chi connectivity index (χ1) is 12.7. The lowest BCUT2D eigenvalue weighted by Crippen LogP contribution is -2.15. The van der Waals surface area contributed by atoms with Gasteiger partial charge in [0.05, 0.1) is 26.4 Å². The Morgan fingerprint density at radius 2 is 1.42 bits per heavy atom. The summed E-state index contributed by atoms with van der Waals surface area (Å²) in [5.74, 6) is 0. The third-order valence-electron chi connectivity index (χ3n) is 3.49. The van der Waals surface area contributed by atoms with Crippen LogP contribution in [-0.2, 0) is 16.5 Å². The van der Waals surface area contributed by atoms with Gasteiger partial charge in [-0.3, -0.25) is 0 Å². The first-order valence-electron chi connectivity index (χ1n) is 9.75. The van der Waals surface area contributed by atoms with Gasteiger partial charge in [0, 0.05) is 6.61 Å². The number of unbranched alkanes of at least 4 members (excludes halogenated alkanes) is 6. The van der Waals surface area contributed by atoms with Crippen LogP contribution < -0.4 is 0 Å². The van der Waals surface area contributed by atoms with E-state index >= 15 is 0 Å². The lowest BCUT2D eigenvalue weighted by Gasteiger charge is -1.98. The van der Waals surface area contributed by atoms with E-state index in [1.807, 2.05) is 25.1 Å². The van der Waals surface area contributed by atoms with Crippen LogP contribution in [0.5, 0.6) is 0 Å². The molecule has 0 bridgehead atoms. The van der Waals surface area contributed by atoms with Gasteiger partial charge >= 0.3 is 0 Å². The zero-order chi connectivity index (χ0) is 19.9. The Kier molecular flexibility index (Phi) is 25.2. The highest BCUT2D eigenvalue weighted by Crippen LogP contribution is 2.06. The summed E-state index contributed by atoms with van der Waals surface area (Å²) in [5, 5.41) is 34.0. The average Bonchev–Trinajstić information content (AvgIpc) is 2.70. The molecule has 5 nitrogen and oxygen atoms in total. The van der Waals surface area contributed by atoms with Crippen molar-refractivity contribution in [3.63, 3.8) is 0 Å². The topological polar surface area (TPSA) is 89.8 Å². The molecule has 0 saturated carbocycles. The van der Waals surface area contributed by atoms with E-state index in [-0.39, 0.29) is 19.8 Å². The molecule has 0 aliphatic rings. The van der Waals surface area contributed by atoms with Crippen molar-refractivity contribution in [3.05, 3.63) is 35.9 Å². The summed E-state index contributed by atoms with van der Waals surface area (Å²) in [6.45, 7) is 5.13. The van der Waals surface area contributed by atoms with Crippen LogP contribution in [0.2, 0.25) is 0 Å². The maximum atomic E-state index is 10.0. The molecule has 0 spiro atoms. The molecule has 1 radical (unpaired) electrons. The molecule has 0 saturated heterocycles. The smallest absolute Gasteiger partial charge is 0.100 e. The van der Waals surface area contributed by atoms with Gasteiger partial charge in [-0.05, 0) is 18.9 Å². The first-order valence-corrected chi connectivity index (χ1v) is 9.75. The van der Waals surface area contributed by atoms with Crippen molar-refractivity contribution in [1.82, 2.24) is 0 Å². The maximum absolute atomic E-state index is 10.0. The Morgan fingerprint density at radius 3 is 1.85 bits per heavy atom. The summed E-state index contributed by atoms with van der Waals surface area (Å²) in [7, 11) is 0. The van der Waals surface area contributed by atoms with E-state index in [0.717, 1.165) is 26.1 Å². The van der Waals surface area contributed by atoms with Crippen molar-refractivity contribution in [2.45, 2.75) is 71.5 Å². The zero-order valence-electron chi connectivity index (χ0n) is 16.6. The Balaban J connectivity index is 0. The van der Waals surface area contributed by atoms with Gasteiger partial charge in [0.15, 0.2) is 0 Å². The highest BCUT2D eigenvalue weighted by Gasteiger charge is 1.93. The summed E-state index contributed by atoms with van der Waals surface area (Å²) < 4.78 is 5.22. The van der Waals surface area contributed by atoms with Crippen molar-refractivity contribution in [2.75, 3.05) is 26.4 Å². The summed E-state index contributed by atoms with van der Waals surface area (Å²) in [6, 6.07) is 10.2. The minimum absolute atomic E-state index is 0.119. The van der Waals surface area contributed by atoms with E-state index in [1.165, 1.54) is 37.7 Å². The van der Waals surface area contributed by atoms with Gasteiger partial charge in [-0.25, -0.2) is 5.11 Å². The Bertz CT molecular complexity index is 334. The predicted octanol–water partition coefficient (Wildman–Crippen LogP) is 3.72. The van der Waals surface area contributed by atoms with Crippen molar-refractivity contribution < 1.29 is 25.2 Å². The zero-order valence-corrected chi connectivity index (χ0v) is 16.6. The van der Waals surface area contributed by atoms with Crippen LogP contribution in [0.25, 0.3) is 0 Å². The second-order valence-electron chi connectivity index (χ2n) is 5.97. The monoisotopic (exact) mass is 371 g/mol. The third-order valence-corrected chi connectivity index (χ3v) is 3.49. The molecule has 5 heteroatoms. The number of hydrogen-bond acceptors (Lipinski definition) is 4. The molecule has 1 rings (SSSR count). The number of hydrogen-bond donors (Lipinski definition) is 3. The van der Waals surface area contributed by atoms with Crippen molar-refractivity contribution >= 4 is 0 Å². The summed E-state index contributed by atoms with van der Waals surface area (Å²) in [4.78, 5) is 0. The lowest BCUT2D eigenvalue weighted by molar-refractivity contribution is 0.0450. The van der Waals surface area contributed by atoms with Gasteiger partial charge in [-0.2, -0.15) is 0 Å². The summed E-state index contributed by atoms with van der Waals surface area (Å²) in [6.07, 6.45) is 7.69. The van der Waals surface area contributed by atoms with E-state index in [4.69, 9.17) is 20.1 Å². The lowest BCUT2D eigenvalue weighted by atomic mass is 10.1. The van der Waals surface area contributed by atoms with Crippen molar-refractivity contribution in [1.29, 1.82) is 0 Å². The number of rotatable bonds is 12. The normalized spacial score (nSPS) is 9.96. The number of aliphatic hydroxyl groups excluding tert-OH is 3. The third kappa shape index (κ3) is 23.0. The molecule has 1 aromatic rings. The highest BCUT2D eigenvalue weighted by molar-refractivity contribution is 5.13. The second kappa shape index (κ2) is 24.0. The van der Waals surface area contributed by atoms with Crippen molar-refractivity contribution in [3.8, 4) is 0 Å². The molecule has 0 atom stereocenters. The van der Waals surface area contributed by atoms with E-state index in [1.54, 1.807) is 0 Å². The van der Waals surface area contributed by atoms with Crippen LogP contribution in [0.3, 0.4) is 0 Å². The molecule has 0 heterocycles. The van der Waals surface area contributed by atoms with Crippen LogP contribution in [0, 0.1) is 0 Å². The largest absolute Gasteiger partial charge is 0.394 e. The van der Waals surface area contributed by atoms with E-state index in [9.17, 15) is 5.11 Å². The summed E-state index contributed by atoms with van der Waals surface area (Å²) in [5.41, 5.74) is 1.24. The number of benzene rings is 1. The van der Waals surface area contributed by atoms with E-state index in [0.29, 0.717) is 0 Å². The standard InChI is InChI=1S/C9H12O.C9H19O.C3H8O3/c1-2-10-8-9-6-4-3-5-7-9;1-2-3-4-5-6-7-8-9-10;4-1-3(6)2-5/h3-7H,2,8H2,1H3;2-9H2,1H3;3-6H,1-2H2. The first kappa shape index (κ1) is 27.2. The molecular weight excluding hydrogens is 332 g/mol. The SMILES string of the molecule is CCCCCCCCC[O].CCOCc1ccccc1.OCC(O)CO. The molecular formula is C21H39O5. The minimum Gasteiger partial charge on any atom is -0.394 e. The predicted molar refractivity (Wildman–Crippen MR) is 105 cm³/mol. The summed E-state index contributed by atoms with van der Waals surface area (Å²) >= 11 is 0. The highest BCUT2D eigenvalue weighted by atomic mass is 16.5. The molecule has 26 heavy (non-hydrogen) atoms. The van der Waals surface area contributed by atoms with Crippen LogP contribution in [0.1, 0.15) is 64.4 Å². The Labute approximate surface area is 159 Å². The molecule has 0 amide bonds. The quantitative estimate of drug-likeness (QED) is 0.488. The number of aliphatic hydroxyl groups is 3. The molecule has 0 fully saturated rings. The maximum Gasteiger partial charge on any atom is 0.100 e. The molecule has 3 N–H and O–H groups in total. The van der Waals surface area contributed by atoms with E-state index in [2.05, 4.69) is 19.1 Å². The van der Waals surface area contributed by atoms with Crippen LogP contribution in [-0.4, -0.2) is 47.9 Å². The number of ether oxygens (including phenoxy) is 1. The Morgan fingerprint density at radius 1 is 0.885 bits per heavy atom. The fraction of sp³-hybridized carbons (Fsp3) is 0.714. The van der Waals surface area contributed by atoms with Crippen LogP contribution in [0.4, 0.5) is 0 Å². The Hall–Kier alpha value is -0.980. The van der Waals surface area contributed by atoms with Gasteiger partial charge in [-0.15, -0.1) is 0 Å². The molecule has 0 unspecified atom stereocenters. The molecule has 0 aromatic heterocycles. The van der Waals surface area contributed by atoms with Gasteiger partial charge in [0.25, 0.3) is 0 Å². The van der Waals surface area contributed by atoms with Gasteiger partial charge in [0.1, 0.15) is 6.10 Å². The molecule has 1 aromatic carbocycles. The minimum atomic E-state index is -0.954. The fourth-order valence-corrected chi connectivity index (χ4v) is 1.91. The van der Waals surface area contributed by atoms with Crippen LogP contribution in [0.15, 0.2) is 30.3 Å². The van der Waals surface area contributed by atoms with Gasteiger partial charge < -0.3 is 20.1 Å². The van der Waals surface area contributed by atoms with Crippen LogP contribution >= 0.6 is 0 Å². The molecule has 0 aliphatic heterocycles. The average molecular weight is 372 g/mol. The second-order valence-corrected chi connectivity index (χ2v) is 5.97. The molecule has 153 valence electrons. The van der Waals surface area contributed by atoms with Crippen molar-refractivity contribution in [2.24, 2.45) is 0 Å². The van der Waals surface area contributed by atoms with Gasteiger partial charge in [-0.1, -0.05) is 75.8 Å². The fourth-order valence-electron chi connectivity index (χ4n) is 1.91. The van der Waals surface area contributed by atoms with E-state index < -0.39 is 6.10 Å². The van der Waals surface area contributed by atoms with Gasteiger partial charge in [0.2, 0.25) is 0 Å². The molecule has 0 aliphatic carbocycles.